The zero-order valence-corrected chi connectivity index (χ0v) is 10.3. The maximum absolute atomic E-state index is 10.3. The van der Waals surface area contributed by atoms with Crippen LogP contribution in [0.25, 0.3) is 0 Å². The molecule has 1 amide bonds. The zero-order chi connectivity index (χ0) is 13.3. The first-order valence-corrected chi connectivity index (χ1v) is 5.49. The van der Waals surface area contributed by atoms with E-state index in [1.165, 1.54) is 19.1 Å². The van der Waals surface area contributed by atoms with Gasteiger partial charge in [-0.1, -0.05) is 12.1 Å². The fourth-order valence-corrected chi connectivity index (χ4v) is 0.998. The summed E-state index contributed by atoms with van der Waals surface area (Å²) in [5.74, 6) is -0.596. The summed E-state index contributed by atoms with van der Waals surface area (Å²) in [6, 6.07) is 5.81. The number of aromatic carboxylic acids is 1. The highest BCUT2D eigenvalue weighted by Gasteiger charge is 2.05. The summed E-state index contributed by atoms with van der Waals surface area (Å²) in [5, 5.41) is 19.9. The van der Waals surface area contributed by atoms with Crippen LogP contribution in [0.5, 0.6) is 5.75 Å². The van der Waals surface area contributed by atoms with Gasteiger partial charge in [-0.3, -0.25) is 4.79 Å². The number of para-hydroxylation sites is 1. The quantitative estimate of drug-likeness (QED) is 0.612. The van der Waals surface area contributed by atoms with Crippen LogP contribution < -0.4 is 5.32 Å². The number of thiol groups is 1. The second-order valence-corrected chi connectivity index (χ2v) is 3.48. The third kappa shape index (κ3) is 7.24. The molecule has 1 aromatic carbocycles. The van der Waals surface area contributed by atoms with Crippen molar-refractivity contribution in [2.24, 2.45) is 0 Å². The molecular weight excluding hydrogens is 242 g/mol. The molecular formula is C11H15NO4S. The largest absolute Gasteiger partial charge is 0.507 e. The lowest BCUT2D eigenvalue weighted by Gasteiger charge is -1.95. The highest BCUT2D eigenvalue weighted by atomic mass is 32.1. The minimum absolute atomic E-state index is 0.00838. The number of nitrogens with one attached hydrogen (secondary N) is 1. The number of carboxylic acid groups (broad SMARTS) is 1. The monoisotopic (exact) mass is 257 g/mol. The van der Waals surface area contributed by atoms with Crippen LogP contribution in [0.3, 0.4) is 0 Å². The lowest BCUT2D eigenvalue weighted by Crippen LogP contribution is -2.21. The molecule has 94 valence electrons. The van der Waals surface area contributed by atoms with Gasteiger partial charge in [-0.15, -0.1) is 0 Å². The van der Waals surface area contributed by atoms with Crippen LogP contribution in [0.1, 0.15) is 17.3 Å². The van der Waals surface area contributed by atoms with Gasteiger partial charge in [0.25, 0.3) is 0 Å². The molecule has 1 rings (SSSR count). The van der Waals surface area contributed by atoms with E-state index in [1.807, 2.05) is 0 Å². The number of carbonyl (C=O) groups is 2. The number of amides is 1. The van der Waals surface area contributed by atoms with Gasteiger partial charge in [-0.2, -0.15) is 12.6 Å². The van der Waals surface area contributed by atoms with E-state index in [9.17, 15) is 9.59 Å². The summed E-state index contributed by atoms with van der Waals surface area (Å²) in [4.78, 5) is 20.3. The van der Waals surface area contributed by atoms with E-state index in [0.717, 1.165) is 0 Å². The van der Waals surface area contributed by atoms with Gasteiger partial charge in [0.2, 0.25) is 5.91 Å². The van der Waals surface area contributed by atoms with Crippen molar-refractivity contribution in [1.82, 2.24) is 5.32 Å². The van der Waals surface area contributed by atoms with Crippen LogP contribution >= 0.6 is 12.6 Å². The Morgan fingerprint density at radius 1 is 1.35 bits per heavy atom. The van der Waals surface area contributed by atoms with Crippen molar-refractivity contribution in [3.63, 3.8) is 0 Å². The molecule has 0 heterocycles. The molecule has 3 N–H and O–H groups in total. The van der Waals surface area contributed by atoms with Gasteiger partial charge in [-0.05, 0) is 12.1 Å². The topological polar surface area (TPSA) is 86.6 Å². The number of rotatable bonds is 3. The van der Waals surface area contributed by atoms with Crippen molar-refractivity contribution in [1.29, 1.82) is 0 Å². The number of hydrogen-bond acceptors (Lipinski definition) is 4. The standard InChI is InChI=1S/C7H6O3.C4H9NOS/c8-6-4-2-1-3-5(6)7(9)10;1-4(6)5-2-3-7/h1-4,8H,(H,9,10);7H,2-3H2,1H3,(H,5,6). The number of phenols is 1. The highest BCUT2D eigenvalue weighted by molar-refractivity contribution is 7.80. The molecule has 6 heteroatoms. The maximum atomic E-state index is 10.3. The summed E-state index contributed by atoms with van der Waals surface area (Å²) in [7, 11) is 0. The smallest absolute Gasteiger partial charge is 0.339 e. The van der Waals surface area contributed by atoms with Gasteiger partial charge in [0.1, 0.15) is 11.3 Å². The van der Waals surface area contributed by atoms with Gasteiger partial charge >= 0.3 is 5.97 Å². The van der Waals surface area contributed by atoms with Crippen molar-refractivity contribution < 1.29 is 19.8 Å². The lowest BCUT2D eigenvalue weighted by atomic mass is 10.2. The average molecular weight is 257 g/mol. The normalized spacial score (nSPS) is 8.82. The molecule has 0 aliphatic carbocycles. The Kier molecular flexibility index (Phi) is 7.62. The van der Waals surface area contributed by atoms with Crippen LogP contribution in [-0.4, -0.2) is 34.4 Å². The van der Waals surface area contributed by atoms with E-state index in [4.69, 9.17) is 10.2 Å². The Hall–Kier alpha value is -1.69. The first-order chi connectivity index (χ1) is 7.99. The fraction of sp³-hybridized carbons (Fsp3) is 0.273. The molecule has 0 spiro atoms. The van der Waals surface area contributed by atoms with Crippen LogP contribution in [-0.2, 0) is 4.79 Å². The summed E-state index contributed by atoms with van der Waals surface area (Å²) in [6.45, 7) is 2.15. The van der Waals surface area contributed by atoms with E-state index < -0.39 is 5.97 Å². The van der Waals surface area contributed by atoms with Crippen molar-refractivity contribution in [2.45, 2.75) is 6.92 Å². The highest BCUT2D eigenvalue weighted by Crippen LogP contribution is 2.14. The molecule has 0 aliphatic rings. The molecule has 0 saturated carbocycles. The molecule has 0 aromatic heterocycles. The number of carboxylic acids is 1. The lowest BCUT2D eigenvalue weighted by molar-refractivity contribution is -0.118. The Morgan fingerprint density at radius 3 is 2.24 bits per heavy atom. The summed E-state index contributed by atoms with van der Waals surface area (Å²) in [6.07, 6.45) is 0. The summed E-state index contributed by atoms with van der Waals surface area (Å²) < 4.78 is 0. The van der Waals surface area contributed by atoms with Gasteiger partial charge in [-0.25, -0.2) is 4.79 Å². The van der Waals surface area contributed by atoms with E-state index in [2.05, 4.69) is 17.9 Å². The van der Waals surface area contributed by atoms with Gasteiger partial charge in [0.15, 0.2) is 0 Å². The van der Waals surface area contributed by atoms with Crippen molar-refractivity contribution in [2.75, 3.05) is 12.3 Å². The number of hydrogen-bond donors (Lipinski definition) is 4. The predicted molar refractivity (Wildman–Crippen MR) is 67.6 cm³/mol. The second-order valence-electron chi connectivity index (χ2n) is 3.03. The van der Waals surface area contributed by atoms with E-state index in [1.54, 1.807) is 12.1 Å². The van der Waals surface area contributed by atoms with Gasteiger partial charge < -0.3 is 15.5 Å². The predicted octanol–water partition coefficient (Wildman–Crippen LogP) is 1.14. The third-order valence-corrected chi connectivity index (χ3v) is 1.84. The fourth-order valence-electron chi connectivity index (χ4n) is 0.886. The zero-order valence-electron chi connectivity index (χ0n) is 9.38. The Morgan fingerprint density at radius 2 is 1.94 bits per heavy atom. The second kappa shape index (κ2) is 8.46. The number of carbonyl (C=O) groups excluding carboxylic acids is 1. The minimum atomic E-state index is -1.11. The minimum Gasteiger partial charge on any atom is -0.507 e. The number of aromatic hydroxyl groups is 1. The third-order valence-electron chi connectivity index (χ3n) is 1.62. The Labute approximate surface area is 105 Å². The van der Waals surface area contributed by atoms with E-state index >= 15 is 0 Å². The maximum Gasteiger partial charge on any atom is 0.339 e. The van der Waals surface area contributed by atoms with Crippen molar-refractivity contribution >= 4 is 24.5 Å². The number of benzene rings is 1. The van der Waals surface area contributed by atoms with Gasteiger partial charge in [0.05, 0.1) is 0 Å². The molecule has 1 aromatic rings. The molecule has 0 radical (unpaired) electrons. The molecule has 0 fully saturated rings. The van der Waals surface area contributed by atoms with E-state index in [0.29, 0.717) is 12.3 Å². The molecule has 5 nitrogen and oxygen atoms in total. The van der Waals surface area contributed by atoms with Crippen LogP contribution in [0.2, 0.25) is 0 Å². The van der Waals surface area contributed by atoms with Gasteiger partial charge in [0, 0.05) is 19.2 Å². The average Bonchev–Trinajstić information content (AvgIpc) is 2.27. The molecule has 0 aliphatic heterocycles. The van der Waals surface area contributed by atoms with Crippen LogP contribution in [0.15, 0.2) is 24.3 Å². The first-order valence-electron chi connectivity index (χ1n) is 4.85. The SMILES string of the molecule is CC(=O)NCCS.O=C(O)c1ccccc1O. The van der Waals surface area contributed by atoms with Crippen LogP contribution in [0, 0.1) is 0 Å². The molecule has 0 atom stereocenters. The summed E-state index contributed by atoms with van der Waals surface area (Å²) in [5.41, 5.74) is -0.0671. The Balaban J connectivity index is 0.000000325. The van der Waals surface area contributed by atoms with Crippen molar-refractivity contribution in [3.8, 4) is 5.75 Å². The molecule has 0 bridgehead atoms. The first kappa shape index (κ1) is 15.3. The molecule has 0 unspecified atom stereocenters. The Bertz CT molecular complexity index is 381. The van der Waals surface area contributed by atoms with E-state index in [-0.39, 0.29) is 17.2 Å². The van der Waals surface area contributed by atoms with Crippen LogP contribution in [0.4, 0.5) is 0 Å². The molecule has 0 saturated heterocycles. The summed E-state index contributed by atoms with van der Waals surface area (Å²) >= 11 is 3.88. The molecule has 17 heavy (non-hydrogen) atoms. The van der Waals surface area contributed by atoms with Crippen molar-refractivity contribution in [3.05, 3.63) is 29.8 Å².